The third kappa shape index (κ3) is 7.77. The lowest BCUT2D eigenvalue weighted by atomic mass is 9.96. The summed E-state index contributed by atoms with van der Waals surface area (Å²) in [5, 5.41) is 18.7. The van der Waals surface area contributed by atoms with Crippen LogP contribution in [0.4, 0.5) is 13.2 Å². The van der Waals surface area contributed by atoms with Crippen molar-refractivity contribution in [2.75, 3.05) is 6.54 Å². The van der Waals surface area contributed by atoms with Gasteiger partial charge in [-0.15, -0.1) is 0 Å². The number of halogens is 3. The molecule has 0 saturated carbocycles. The first-order valence-corrected chi connectivity index (χ1v) is 9.10. The van der Waals surface area contributed by atoms with Gasteiger partial charge in [-0.3, -0.25) is 9.69 Å². The Morgan fingerprint density at radius 1 is 1.24 bits per heavy atom. The van der Waals surface area contributed by atoms with E-state index in [2.05, 4.69) is 11.8 Å². The summed E-state index contributed by atoms with van der Waals surface area (Å²) >= 11 is 0. The Labute approximate surface area is 169 Å². The van der Waals surface area contributed by atoms with Crippen LogP contribution in [0.5, 0.6) is 0 Å². The molecule has 1 aromatic carbocycles. The third-order valence-electron chi connectivity index (χ3n) is 4.06. The lowest BCUT2D eigenvalue weighted by Gasteiger charge is -2.36. The van der Waals surface area contributed by atoms with Crippen LogP contribution in [-0.4, -0.2) is 40.3 Å². The molecule has 0 radical (unpaired) electrons. The van der Waals surface area contributed by atoms with Gasteiger partial charge in [0.2, 0.25) is 5.91 Å². The van der Waals surface area contributed by atoms with E-state index in [9.17, 15) is 23.1 Å². The van der Waals surface area contributed by atoms with Gasteiger partial charge in [-0.25, -0.2) is 0 Å². The summed E-state index contributed by atoms with van der Waals surface area (Å²) in [4.78, 5) is 12.7. The highest BCUT2D eigenvalue weighted by Gasteiger charge is 2.47. The molecule has 8 heteroatoms. The number of aliphatic hydroxyl groups is 1. The SMILES string of the molecule is CC(C)C[C@@H](C(N)=O)N(CC#N)C(c1ccc(C#CC(C)(C)O)cc1)C(F)(F)F. The van der Waals surface area contributed by atoms with E-state index in [0.29, 0.717) is 5.56 Å². The van der Waals surface area contributed by atoms with Crippen LogP contribution in [0.15, 0.2) is 24.3 Å². The maximum absolute atomic E-state index is 14.0. The van der Waals surface area contributed by atoms with Crippen molar-refractivity contribution in [3.8, 4) is 17.9 Å². The zero-order valence-electron chi connectivity index (χ0n) is 16.9. The zero-order valence-corrected chi connectivity index (χ0v) is 16.9. The quantitative estimate of drug-likeness (QED) is 0.535. The third-order valence-corrected chi connectivity index (χ3v) is 4.06. The van der Waals surface area contributed by atoms with E-state index in [-0.39, 0.29) is 17.9 Å². The molecule has 1 unspecified atom stereocenters. The second-order valence-electron chi connectivity index (χ2n) is 7.75. The second kappa shape index (κ2) is 9.78. The minimum absolute atomic E-state index is 0.0953. The first kappa shape index (κ1) is 24.5. The number of carbonyl (C=O) groups excluding carboxylic acids is 1. The smallest absolute Gasteiger partial charge is 0.378 e. The molecule has 1 rings (SSSR count). The van der Waals surface area contributed by atoms with E-state index >= 15 is 0 Å². The molecule has 158 valence electrons. The van der Waals surface area contributed by atoms with Gasteiger partial charge in [0.25, 0.3) is 0 Å². The molecule has 0 heterocycles. The number of alkyl halides is 3. The van der Waals surface area contributed by atoms with Crippen molar-refractivity contribution in [2.45, 2.75) is 58.0 Å². The lowest BCUT2D eigenvalue weighted by molar-refractivity contribution is -0.192. The van der Waals surface area contributed by atoms with Gasteiger partial charge in [0.15, 0.2) is 0 Å². The number of hydrogen-bond acceptors (Lipinski definition) is 4. The predicted octanol–water partition coefficient (Wildman–Crippen LogP) is 3.14. The standard InChI is InChI=1S/C21H26F3N3O2/c1-14(2)13-17(19(26)28)27(12-11-25)18(21(22,23)24)16-7-5-15(6-8-16)9-10-20(3,4)29/h5-8,14,17-18,29H,12-13H2,1-4H3,(H2,26,28)/t17-,18?/m0/s1. The largest absolute Gasteiger partial charge is 0.408 e. The Bertz CT molecular complexity index is 794. The van der Waals surface area contributed by atoms with Crippen LogP contribution < -0.4 is 5.73 Å². The summed E-state index contributed by atoms with van der Waals surface area (Å²) in [6, 6.07) is 3.62. The van der Waals surface area contributed by atoms with Crippen LogP contribution >= 0.6 is 0 Å². The van der Waals surface area contributed by atoms with Gasteiger partial charge in [0.05, 0.1) is 18.7 Å². The van der Waals surface area contributed by atoms with Gasteiger partial charge in [-0.2, -0.15) is 18.4 Å². The fourth-order valence-electron chi connectivity index (χ4n) is 2.87. The molecule has 0 saturated heterocycles. The van der Waals surface area contributed by atoms with Gasteiger partial charge >= 0.3 is 6.18 Å². The monoisotopic (exact) mass is 409 g/mol. The molecule has 0 spiro atoms. The predicted molar refractivity (Wildman–Crippen MR) is 103 cm³/mol. The maximum atomic E-state index is 14.0. The van der Waals surface area contributed by atoms with Crippen molar-refractivity contribution < 1.29 is 23.1 Å². The molecule has 0 aromatic heterocycles. The number of carbonyl (C=O) groups is 1. The van der Waals surface area contributed by atoms with Gasteiger partial charge in [0, 0.05) is 5.56 Å². The molecule has 3 N–H and O–H groups in total. The normalized spacial score (nSPS) is 14.1. The van der Waals surface area contributed by atoms with Crippen molar-refractivity contribution in [1.82, 2.24) is 4.90 Å². The number of rotatable bonds is 7. The Morgan fingerprint density at radius 3 is 2.17 bits per heavy atom. The second-order valence-corrected chi connectivity index (χ2v) is 7.75. The van der Waals surface area contributed by atoms with Crippen molar-refractivity contribution in [3.05, 3.63) is 35.4 Å². The van der Waals surface area contributed by atoms with Crippen LogP contribution in [0, 0.1) is 29.1 Å². The van der Waals surface area contributed by atoms with Crippen LogP contribution in [0.2, 0.25) is 0 Å². The van der Waals surface area contributed by atoms with E-state index in [1.807, 2.05) is 0 Å². The molecular weight excluding hydrogens is 383 g/mol. The summed E-state index contributed by atoms with van der Waals surface area (Å²) in [5.41, 5.74) is 4.45. The lowest BCUT2D eigenvalue weighted by Crippen LogP contribution is -2.51. The molecule has 0 fully saturated rings. The average Bonchev–Trinajstić information content (AvgIpc) is 2.56. The summed E-state index contributed by atoms with van der Waals surface area (Å²) in [7, 11) is 0. The minimum Gasteiger partial charge on any atom is -0.378 e. The first-order chi connectivity index (χ1) is 13.3. The van der Waals surface area contributed by atoms with E-state index in [0.717, 1.165) is 4.90 Å². The van der Waals surface area contributed by atoms with Gasteiger partial charge in [0.1, 0.15) is 11.6 Å². The number of amides is 1. The summed E-state index contributed by atoms with van der Waals surface area (Å²) in [5.74, 6) is 4.27. The first-order valence-electron chi connectivity index (χ1n) is 9.10. The van der Waals surface area contributed by atoms with Gasteiger partial charge in [-0.05, 0) is 43.9 Å². The van der Waals surface area contributed by atoms with Crippen molar-refractivity contribution in [3.63, 3.8) is 0 Å². The Kier molecular flexibility index (Phi) is 8.25. The molecule has 0 bridgehead atoms. The van der Waals surface area contributed by atoms with Crippen LogP contribution in [0.1, 0.15) is 51.3 Å². The fourth-order valence-corrected chi connectivity index (χ4v) is 2.87. The van der Waals surface area contributed by atoms with Crippen LogP contribution in [-0.2, 0) is 4.79 Å². The number of nitrogens with zero attached hydrogens (tertiary/aromatic N) is 2. The number of hydrogen-bond donors (Lipinski definition) is 2. The van der Waals surface area contributed by atoms with E-state index < -0.39 is 36.3 Å². The van der Waals surface area contributed by atoms with Crippen LogP contribution in [0.3, 0.4) is 0 Å². The van der Waals surface area contributed by atoms with E-state index in [1.165, 1.54) is 38.1 Å². The van der Waals surface area contributed by atoms with Gasteiger partial charge in [-0.1, -0.05) is 37.8 Å². The van der Waals surface area contributed by atoms with Crippen molar-refractivity contribution >= 4 is 5.91 Å². The van der Waals surface area contributed by atoms with E-state index in [1.54, 1.807) is 19.9 Å². The molecule has 0 aliphatic rings. The molecule has 1 aromatic rings. The molecule has 0 aliphatic heterocycles. The summed E-state index contributed by atoms with van der Waals surface area (Å²) in [6.07, 6.45) is -4.64. The minimum atomic E-state index is -4.73. The maximum Gasteiger partial charge on any atom is 0.408 e. The highest BCUT2D eigenvalue weighted by atomic mass is 19.4. The average molecular weight is 409 g/mol. The number of nitriles is 1. The Hall–Kier alpha value is -2.55. The fraction of sp³-hybridized carbons (Fsp3) is 0.524. The molecule has 0 aliphatic carbocycles. The molecule has 5 nitrogen and oxygen atoms in total. The number of nitrogens with two attached hydrogens (primary N) is 1. The molecule has 29 heavy (non-hydrogen) atoms. The Balaban J connectivity index is 3.41. The molecule has 1 amide bonds. The van der Waals surface area contributed by atoms with E-state index in [4.69, 9.17) is 11.0 Å². The number of primary amides is 1. The highest BCUT2D eigenvalue weighted by Crippen LogP contribution is 2.39. The van der Waals surface area contributed by atoms with Crippen LogP contribution in [0.25, 0.3) is 0 Å². The summed E-state index contributed by atoms with van der Waals surface area (Å²) in [6.45, 7) is 5.90. The zero-order chi connectivity index (χ0) is 22.4. The topological polar surface area (TPSA) is 90.4 Å². The summed E-state index contributed by atoms with van der Waals surface area (Å²) < 4.78 is 41.9. The van der Waals surface area contributed by atoms with Crippen molar-refractivity contribution in [1.29, 1.82) is 5.26 Å². The molecule has 2 atom stereocenters. The highest BCUT2D eigenvalue weighted by molar-refractivity contribution is 5.80. The molecular formula is C21H26F3N3O2. The van der Waals surface area contributed by atoms with Gasteiger partial charge < -0.3 is 10.8 Å². The Morgan fingerprint density at radius 2 is 1.79 bits per heavy atom. The van der Waals surface area contributed by atoms with Crippen molar-refractivity contribution in [2.24, 2.45) is 11.7 Å². The number of benzene rings is 1.